The molecule has 0 aliphatic rings. The molecule has 0 aromatic rings. The van der Waals surface area contributed by atoms with E-state index >= 15 is 0 Å². The third-order valence-corrected chi connectivity index (χ3v) is 1.98. The molecule has 10 heteroatoms. The molecule has 0 aromatic heterocycles. The minimum atomic E-state index is -0.583. The van der Waals surface area contributed by atoms with Crippen LogP contribution in [0.2, 0.25) is 0 Å². The Morgan fingerprint density at radius 1 is 1.19 bits per heavy atom. The van der Waals surface area contributed by atoms with Crippen molar-refractivity contribution in [1.82, 2.24) is 16.0 Å². The first-order valence-electron chi connectivity index (χ1n) is 6.37. The van der Waals surface area contributed by atoms with E-state index in [9.17, 15) is 9.59 Å². The van der Waals surface area contributed by atoms with E-state index < -0.39 is 5.96 Å². The number of carbonyl (C=O) groups is 1. The van der Waals surface area contributed by atoms with E-state index in [0.29, 0.717) is 13.1 Å². The van der Waals surface area contributed by atoms with Crippen LogP contribution in [-0.2, 0) is 42.3 Å². The number of carbonyl (C=O) groups excluding carboxylic acids is 2. The minimum absolute atomic E-state index is 0. The van der Waals surface area contributed by atoms with Gasteiger partial charge in [0.25, 0.3) is 0 Å². The third-order valence-electron chi connectivity index (χ3n) is 1.98. The summed E-state index contributed by atoms with van der Waals surface area (Å²) in [5.74, 6) is -0.764. The average Bonchev–Trinajstić information content (AvgIpc) is 2.39. The maximum Gasteiger partial charge on any atom is 0.236 e. The molecule has 0 unspecified atom stereocenters. The molecule has 0 bridgehead atoms. The van der Waals surface area contributed by atoms with Crippen molar-refractivity contribution in [3.8, 4) is 0 Å². The van der Waals surface area contributed by atoms with Crippen LogP contribution in [0.3, 0.4) is 0 Å². The maximum absolute atomic E-state index is 11.0. The fourth-order valence-corrected chi connectivity index (χ4v) is 1.13. The molecule has 0 heterocycles. The van der Waals surface area contributed by atoms with Crippen molar-refractivity contribution in [3.63, 3.8) is 0 Å². The van der Waals surface area contributed by atoms with Gasteiger partial charge in [-0.25, -0.2) is 0 Å². The first-order valence-corrected chi connectivity index (χ1v) is 6.37. The van der Waals surface area contributed by atoms with Gasteiger partial charge >= 0.3 is 0 Å². The molecule has 121 valence electrons. The second kappa shape index (κ2) is 21.5. The van der Waals surface area contributed by atoms with Crippen molar-refractivity contribution in [1.29, 1.82) is 5.41 Å². The molecule has 21 heavy (non-hydrogen) atoms. The van der Waals surface area contributed by atoms with Crippen LogP contribution in [0.15, 0.2) is 0 Å². The van der Waals surface area contributed by atoms with Gasteiger partial charge in [-0.3, -0.25) is 4.79 Å². The van der Waals surface area contributed by atoms with Gasteiger partial charge < -0.3 is 43.4 Å². The average molecular weight is 376 g/mol. The molecule has 0 fully saturated rings. The molecule has 0 aromatic carbocycles. The summed E-state index contributed by atoms with van der Waals surface area (Å²) >= 11 is 0. The van der Waals surface area contributed by atoms with Gasteiger partial charge in [0.2, 0.25) is 5.91 Å². The van der Waals surface area contributed by atoms with Crippen molar-refractivity contribution in [2.24, 2.45) is 11.5 Å². The second-order valence-electron chi connectivity index (χ2n) is 3.82. The summed E-state index contributed by atoms with van der Waals surface area (Å²) in [6.45, 7) is 3.23. The first kappa shape index (κ1) is 25.2. The van der Waals surface area contributed by atoms with Crippen molar-refractivity contribution in [3.05, 3.63) is 5.73 Å². The Morgan fingerprint density at radius 2 is 1.71 bits per heavy atom. The molecule has 9 nitrogen and oxygen atoms in total. The van der Waals surface area contributed by atoms with Crippen LogP contribution in [0.5, 0.6) is 0 Å². The predicted molar refractivity (Wildman–Crippen MR) is 78.7 cm³/mol. The number of unbranched alkanes of at least 4 members (excludes halogenated alkanes) is 1. The van der Waals surface area contributed by atoms with Crippen LogP contribution in [0.25, 0.3) is 5.73 Å². The summed E-state index contributed by atoms with van der Waals surface area (Å²) < 4.78 is 0. The number of nitrogens with one attached hydrogen (secondary N) is 5. The molecular weight excluding hydrogens is 351 g/mol. The molecule has 9 N–H and O–H groups in total. The van der Waals surface area contributed by atoms with Crippen LogP contribution in [-0.4, -0.2) is 51.0 Å². The molecule has 0 rings (SSSR count). The molecule has 0 saturated carbocycles. The fraction of sp³-hybridized carbons (Fsp3) is 0.727. The normalized spacial score (nSPS) is 8.62. The first-order chi connectivity index (χ1) is 9.54. The SMILES string of the molecule is N=C([NH-])N.NCCCNCCCCNC(=O)CN[C-]=O.[Y]. The van der Waals surface area contributed by atoms with Gasteiger partial charge in [-0.2, -0.15) is 6.41 Å². The van der Waals surface area contributed by atoms with Gasteiger partial charge in [-0.1, -0.05) is 0 Å². The van der Waals surface area contributed by atoms with Crippen LogP contribution in [0.1, 0.15) is 19.3 Å². The van der Waals surface area contributed by atoms with E-state index in [1.54, 1.807) is 0 Å². The molecule has 0 aliphatic carbocycles. The summed E-state index contributed by atoms with van der Waals surface area (Å²) in [5.41, 5.74) is 15.6. The van der Waals surface area contributed by atoms with E-state index in [1.165, 1.54) is 6.41 Å². The molecule has 0 spiro atoms. The van der Waals surface area contributed by atoms with Gasteiger partial charge in [0.05, 0.1) is 6.54 Å². The Balaban J connectivity index is -0.000000572. The van der Waals surface area contributed by atoms with Gasteiger partial charge in [0.15, 0.2) is 0 Å². The zero-order valence-corrected chi connectivity index (χ0v) is 15.0. The van der Waals surface area contributed by atoms with Crippen LogP contribution < -0.4 is 27.4 Å². The van der Waals surface area contributed by atoms with E-state index in [1.807, 2.05) is 0 Å². The Morgan fingerprint density at radius 3 is 2.24 bits per heavy atom. The fourth-order valence-electron chi connectivity index (χ4n) is 1.13. The summed E-state index contributed by atoms with van der Waals surface area (Å²) in [4.78, 5) is 20.8. The number of guanidine groups is 1. The third kappa shape index (κ3) is 32.6. The van der Waals surface area contributed by atoms with Crippen molar-refractivity contribution >= 4 is 18.3 Å². The van der Waals surface area contributed by atoms with Gasteiger partial charge in [0, 0.05) is 39.3 Å². The number of nitrogens with two attached hydrogens (primary N) is 2. The molecule has 1 radical (unpaired) electrons. The Kier molecular flexibility index (Phi) is 25.8. The molecular formula is C11H25N7O2Y-2. The summed E-state index contributed by atoms with van der Waals surface area (Å²) in [6, 6.07) is 0. The van der Waals surface area contributed by atoms with E-state index in [-0.39, 0.29) is 45.2 Å². The van der Waals surface area contributed by atoms with Crippen LogP contribution in [0, 0.1) is 5.41 Å². The predicted octanol–water partition coefficient (Wildman–Crippen LogP) is -1.59. The second-order valence-corrected chi connectivity index (χ2v) is 3.82. The van der Waals surface area contributed by atoms with E-state index in [2.05, 4.69) is 21.7 Å². The molecule has 0 aliphatic heterocycles. The molecule has 2 amide bonds. The van der Waals surface area contributed by atoms with Gasteiger partial charge in [-0.15, -0.1) is 0 Å². The van der Waals surface area contributed by atoms with Crippen molar-refractivity contribution < 1.29 is 42.3 Å². The van der Waals surface area contributed by atoms with Gasteiger partial charge in [0.1, 0.15) is 0 Å². The minimum Gasteiger partial charge on any atom is -0.522 e. The zero-order chi connectivity index (χ0) is 15.6. The number of hydrogen-bond acceptors (Lipinski definition) is 5. The molecule has 0 saturated heterocycles. The van der Waals surface area contributed by atoms with E-state index in [0.717, 1.165) is 32.4 Å². The maximum atomic E-state index is 11.0. The summed E-state index contributed by atoms with van der Waals surface area (Å²) in [7, 11) is 0. The Labute approximate surface area is 150 Å². The van der Waals surface area contributed by atoms with Crippen LogP contribution in [0.4, 0.5) is 0 Å². The largest absolute Gasteiger partial charge is 0.522 e. The smallest absolute Gasteiger partial charge is 0.236 e. The number of rotatable bonds is 11. The monoisotopic (exact) mass is 376 g/mol. The quantitative estimate of drug-likeness (QED) is 0.0838. The summed E-state index contributed by atoms with van der Waals surface area (Å²) in [5, 5.41) is 14.1. The van der Waals surface area contributed by atoms with Crippen LogP contribution >= 0.6 is 0 Å². The number of amides is 2. The zero-order valence-electron chi connectivity index (χ0n) is 12.2. The standard InChI is InChI=1S/C10H21N4O2.CH4N3.Y/c11-4-3-6-12-5-1-2-7-14-10(16)8-13-9-15;2-1(3)4;/h12H,1-8,11H2,(H,13,15)(H,14,16);(H4-,2,3,4);/q2*-1;. The summed E-state index contributed by atoms with van der Waals surface area (Å²) in [6.07, 6.45) is 4.37. The van der Waals surface area contributed by atoms with Crippen molar-refractivity contribution in [2.45, 2.75) is 19.3 Å². The molecule has 0 atom stereocenters. The Hall–Kier alpha value is -0.766. The van der Waals surface area contributed by atoms with Gasteiger partial charge in [-0.05, 0) is 44.9 Å². The number of hydrogen-bond donors (Lipinski definition) is 6. The van der Waals surface area contributed by atoms with E-state index in [4.69, 9.17) is 16.9 Å². The Bertz CT molecular complexity index is 263. The topological polar surface area (TPSA) is 170 Å². The van der Waals surface area contributed by atoms with Crippen molar-refractivity contribution in [2.75, 3.05) is 32.7 Å².